The summed E-state index contributed by atoms with van der Waals surface area (Å²) in [4.78, 5) is 11.2. The van der Waals surface area contributed by atoms with Crippen molar-refractivity contribution in [2.24, 2.45) is 0 Å². The summed E-state index contributed by atoms with van der Waals surface area (Å²) in [6, 6.07) is 7.53. The highest BCUT2D eigenvalue weighted by Gasteiger charge is 2.22. The number of anilines is 1. The summed E-state index contributed by atoms with van der Waals surface area (Å²) < 4.78 is 18.7. The second-order valence-electron chi connectivity index (χ2n) is 6.57. The van der Waals surface area contributed by atoms with Crippen LogP contribution >= 0.6 is 0 Å². The van der Waals surface area contributed by atoms with Crippen molar-refractivity contribution in [2.75, 3.05) is 31.7 Å². The van der Waals surface area contributed by atoms with Gasteiger partial charge in [0, 0.05) is 25.4 Å². The molecule has 1 aliphatic heterocycles. The van der Waals surface area contributed by atoms with Gasteiger partial charge in [-0.2, -0.15) is 0 Å². The van der Waals surface area contributed by atoms with Crippen molar-refractivity contribution in [3.63, 3.8) is 0 Å². The standard InChI is InChI=1S/C19H19N5O3/c1-12-11-23(7-8-26-12)19-13-9-16(27-15(13)5-6-20-19)14-10-21-17-3-4-18(25-2)22-24(14)17/h3-6,9-10,12H,7-8,11H2,1-2H3/t12-/m0/s1. The molecule has 0 N–H and O–H groups in total. The summed E-state index contributed by atoms with van der Waals surface area (Å²) in [6.45, 7) is 4.39. The van der Waals surface area contributed by atoms with Gasteiger partial charge in [-0.25, -0.2) is 14.5 Å². The van der Waals surface area contributed by atoms with Gasteiger partial charge in [0.1, 0.15) is 17.1 Å². The minimum atomic E-state index is 0.178. The van der Waals surface area contributed by atoms with E-state index in [0.29, 0.717) is 18.2 Å². The molecule has 1 aliphatic rings. The Balaban J connectivity index is 1.62. The van der Waals surface area contributed by atoms with Gasteiger partial charge in [0.2, 0.25) is 5.88 Å². The SMILES string of the molecule is COc1ccc2ncc(-c3cc4c(N5CCO[C@@H](C)C5)nccc4o3)n2n1. The lowest BCUT2D eigenvalue weighted by molar-refractivity contribution is 0.0530. The molecule has 138 valence electrons. The van der Waals surface area contributed by atoms with E-state index < -0.39 is 0 Å². The minimum Gasteiger partial charge on any atom is -0.480 e. The van der Waals surface area contributed by atoms with Gasteiger partial charge < -0.3 is 18.8 Å². The number of imidazole rings is 1. The zero-order chi connectivity index (χ0) is 18.4. The molecular formula is C19H19N5O3. The van der Waals surface area contributed by atoms with E-state index in [9.17, 15) is 0 Å². The van der Waals surface area contributed by atoms with Crippen LogP contribution in [0.1, 0.15) is 6.92 Å². The van der Waals surface area contributed by atoms with Crippen molar-refractivity contribution in [1.29, 1.82) is 0 Å². The first kappa shape index (κ1) is 16.1. The van der Waals surface area contributed by atoms with Crippen LogP contribution in [0.25, 0.3) is 28.1 Å². The topological polar surface area (TPSA) is 77.9 Å². The van der Waals surface area contributed by atoms with Crippen molar-refractivity contribution < 1.29 is 13.9 Å². The second-order valence-corrected chi connectivity index (χ2v) is 6.57. The van der Waals surface area contributed by atoms with Crippen LogP contribution in [0.2, 0.25) is 0 Å². The highest BCUT2D eigenvalue weighted by molar-refractivity contribution is 5.92. The van der Waals surface area contributed by atoms with Crippen LogP contribution in [-0.4, -0.2) is 52.5 Å². The van der Waals surface area contributed by atoms with Crippen LogP contribution in [0.15, 0.2) is 41.1 Å². The molecule has 0 spiro atoms. The fourth-order valence-electron chi connectivity index (χ4n) is 3.47. The summed E-state index contributed by atoms with van der Waals surface area (Å²) >= 11 is 0. The van der Waals surface area contributed by atoms with E-state index in [1.54, 1.807) is 30.1 Å². The zero-order valence-electron chi connectivity index (χ0n) is 15.1. The van der Waals surface area contributed by atoms with Gasteiger partial charge in [0.25, 0.3) is 0 Å². The Hall–Kier alpha value is -3.13. The largest absolute Gasteiger partial charge is 0.480 e. The molecule has 0 bridgehead atoms. The monoisotopic (exact) mass is 365 g/mol. The summed E-state index contributed by atoms with van der Waals surface area (Å²) in [5.74, 6) is 2.12. The lowest BCUT2D eigenvalue weighted by atomic mass is 10.2. The molecule has 0 radical (unpaired) electrons. The molecule has 1 saturated heterocycles. The summed E-state index contributed by atoms with van der Waals surface area (Å²) in [6.07, 6.45) is 3.71. The van der Waals surface area contributed by atoms with E-state index in [0.717, 1.165) is 41.2 Å². The Labute approximate surface area is 155 Å². The van der Waals surface area contributed by atoms with E-state index in [1.807, 2.05) is 18.2 Å². The van der Waals surface area contributed by atoms with Crippen LogP contribution in [0.5, 0.6) is 5.88 Å². The third-order valence-corrected chi connectivity index (χ3v) is 4.76. The number of morpholine rings is 1. The summed E-state index contributed by atoms with van der Waals surface area (Å²) in [5, 5.41) is 5.42. The molecule has 27 heavy (non-hydrogen) atoms. The predicted octanol–water partition coefficient (Wildman–Crippen LogP) is 2.77. The maximum atomic E-state index is 6.11. The number of nitrogens with zero attached hydrogens (tertiary/aromatic N) is 5. The average Bonchev–Trinajstić information content (AvgIpc) is 3.30. The number of aromatic nitrogens is 4. The van der Waals surface area contributed by atoms with Gasteiger partial charge in [0.05, 0.1) is 31.4 Å². The average molecular weight is 365 g/mol. The molecule has 8 nitrogen and oxygen atoms in total. The lowest BCUT2D eigenvalue weighted by Gasteiger charge is -2.32. The normalized spacial score (nSPS) is 17.7. The maximum absolute atomic E-state index is 6.11. The number of hydrogen-bond acceptors (Lipinski definition) is 7. The molecule has 0 aliphatic carbocycles. The van der Waals surface area contributed by atoms with Crippen molar-refractivity contribution in [3.05, 3.63) is 36.7 Å². The summed E-state index contributed by atoms with van der Waals surface area (Å²) in [5.41, 5.74) is 2.28. The quantitative estimate of drug-likeness (QED) is 0.552. The van der Waals surface area contributed by atoms with Crippen molar-refractivity contribution in [1.82, 2.24) is 19.6 Å². The molecule has 5 rings (SSSR count). The Morgan fingerprint density at radius 2 is 2.15 bits per heavy atom. The van der Waals surface area contributed by atoms with Crippen LogP contribution in [0, 0.1) is 0 Å². The Morgan fingerprint density at radius 3 is 3.00 bits per heavy atom. The van der Waals surface area contributed by atoms with Gasteiger partial charge in [-0.15, -0.1) is 5.10 Å². The van der Waals surface area contributed by atoms with E-state index in [2.05, 4.69) is 26.9 Å². The van der Waals surface area contributed by atoms with Crippen molar-refractivity contribution in [2.45, 2.75) is 13.0 Å². The molecule has 1 atom stereocenters. The van der Waals surface area contributed by atoms with Crippen LogP contribution in [0.3, 0.4) is 0 Å². The van der Waals surface area contributed by atoms with Crippen LogP contribution < -0.4 is 9.64 Å². The van der Waals surface area contributed by atoms with Gasteiger partial charge >= 0.3 is 0 Å². The van der Waals surface area contributed by atoms with E-state index >= 15 is 0 Å². The van der Waals surface area contributed by atoms with Crippen LogP contribution in [0.4, 0.5) is 5.82 Å². The summed E-state index contributed by atoms with van der Waals surface area (Å²) in [7, 11) is 1.59. The zero-order valence-corrected chi connectivity index (χ0v) is 15.1. The highest BCUT2D eigenvalue weighted by Crippen LogP contribution is 2.33. The van der Waals surface area contributed by atoms with E-state index in [1.165, 1.54) is 0 Å². The Bertz CT molecular complexity index is 1120. The fourth-order valence-corrected chi connectivity index (χ4v) is 3.47. The molecule has 8 heteroatoms. The number of fused-ring (bicyclic) bond motifs is 2. The molecule has 0 aromatic carbocycles. The van der Waals surface area contributed by atoms with Gasteiger partial charge in [-0.1, -0.05) is 0 Å². The second kappa shape index (κ2) is 6.24. The Morgan fingerprint density at radius 1 is 1.22 bits per heavy atom. The minimum absolute atomic E-state index is 0.178. The van der Waals surface area contributed by atoms with Gasteiger partial charge in [-0.3, -0.25) is 0 Å². The van der Waals surface area contributed by atoms with Crippen molar-refractivity contribution >= 4 is 22.4 Å². The van der Waals surface area contributed by atoms with E-state index in [4.69, 9.17) is 13.9 Å². The van der Waals surface area contributed by atoms with Gasteiger partial charge in [0.15, 0.2) is 11.4 Å². The number of furan rings is 1. The smallest absolute Gasteiger partial charge is 0.231 e. The first-order valence-corrected chi connectivity index (χ1v) is 8.87. The maximum Gasteiger partial charge on any atom is 0.231 e. The number of hydrogen-bond donors (Lipinski definition) is 0. The molecule has 0 amide bonds. The third-order valence-electron chi connectivity index (χ3n) is 4.76. The molecule has 4 aromatic heterocycles. The third kappa shape index (κ3) is 2.69. The predicted molar refractivity (Wildman–Crippen MR) is 100 cm³/mol. The first-order valence-electron chi connectivity index (χ1n) is 8.87. The molecule has 0 saturated carbocycles. The van der Waals surface area contributed by atoms with E-state index in [-0.39, 0.29) is 6.10 Å². The Kier molecular flexibility index (Phi) is 3.71. The molecule has 5 heterocycles. The number of rotatable bonds is 3. The first-order chi connectivity index (χ1) is 13.2. The molecular weight excluding hydrogens is 346 g/mol. The van der Waals surface area contributed by atoms with Crippen molar-refractivity contribution in [3.8, 4) is 17.3 Å². The number of methoxy groups -OCH3 is 1. The van der Waals surface area contributed by atoms with Crippen LogP contribution in [-0.2, 0) is 4.74 Å². The fraction of sp³-hybridized carbons (Fsp3) is 0.316. The number of ether oxygens (including phenoxy) is 2. The van der Waals surface area contributed by atoms with Gasteiger partial charge in [-0.05, 0) is 25.1 Å². The molecule has 1 fully saturated rings. The lowest BCUT2D eigenvalue weighted by Crippen LogP contribution is -2.41. The highest BCUT2D eigenvalue weighted by atomic mass is 16.5. The molecule has 0 unspecified atom stereocenters. The molecule has 4 aromatic rings. The number of pyridine rings is 1.